The maximum atomic E-state index is 12.1. The van der Waals surface area contributed by atoms with Crippen LogP contribution < -0.4 is 5.32 Å². The highest BCUT2D eigenvalue weighted by molar-refractivity contribution is 8.00. The molecule has 0 aliphatic rings. The lowest BCUT2D eigenvalue weighted by Crippen LogP contribution is -2.20. The molecule has 0 heterocycles. The molecule has 0 aliphatic carbocycles. The first-order valence-electron chi connectivity index (χ1n) is 6.04. The standard InChI is InChI=1S/C13H18F3NOS/c1-10(2)18-8-7-17-9-11-3-5-12(6-4-11)19-13(14,15)16/h3-6,10,17H,7-9H2,1-2H3. The molecule has 0 aromatic heterocycles. The predicted octanol–water partition coefficient (Wildman–Crippen LogP) is 3.81. The van der Waals surface area contributed by atoms with E-state index in [1.54, 1.807) is 12.1 Å². The van der Waals surface area contributed by atoms with Crippen LogP contribution in [0.25, 0.3) is 0 Å². The highest BCUT2D eigenvalue weighted by atomic mass is 32.2. The van der Waals surface area contributed by atoms with Crippen molar-refractivity contribution in [2.24, 2.45) is 0 Å². The average Bonchev–Trinajstić information content (AvgIpc) is 2.28. The monoisotopic (exact) mass is 293 g/mol. The van der Waals surface area contributed by atoms with Gasteiger partial charge in [-0.1, -0.05) is 12.1 Å². The van der Waals surface area contributed by atoms with Gasteiger partial charge in [-0.3, -0.25) is 0 Å². The van der Waals surface area contributed by atoms with Crippen LogP contribution in [0, 0.1) is 0 Å². The lowest BCUT2D eigenvalue weighted by molar-refractivity contribution is -0.0328. The van der Waals surface area contributed by atoms with E-state index in [1.165, 1.54) is 12.1 Å². The largest absolute Gasteiger partial charge is 0.446 e. The molecule has 0 unspecified atom stereocenters. The van der Waals surface area contributed by atoms with Crippen molar-refractivity contribution in [1.82, 2.24) is 5.32 Å². The fraction of sp³-hybridized carbons (Fsp3) is 0.538. The molecular weight excluding hydrogens is 275 g/mol. The highest BCUT2D eigenvalue weighted by Gasteiger charge is 2.28. The minimum absolute atomic E-state index is 0.0958. The molecule has 108 valence electrons. The van der Waals surface area contributed by atoms with Gasteiger partial charge in [0, 0.05) is 18.0 Å². The first-order valence-corrected chi connectivity index (χ1v) is 6.85. The van der Waals surface area contributed by atoms with Crippen LogP contribution in [0.1, 0.15) is 19.4 Å². The predicted molar refractivity (Wildman–Crippen MR) is 71.1 cm³/mol. The fourth-order valence-corrected chi connectivity index (χ4v) is 1.95. The molecule has 1 N–H and O–H groups in total. The Morgan fingerprint density at radius 2 is 1.84 bits per heavy atom. The molecular formula is C13H18F3NOS. The van der Waals surface area contributed by atoms with E-state index >= 15 is 0 Å². The summed E-state index contributed by atoms with van der Waals surface area (Å²) in [7, 11) is 0. The molecule has 1 aromatic rings. The fourth-order valence-electron chi connectivity index (χ4n) is 1.41. The Morgan fingerprint density at radius 3 is 2.37 bits per heavy atom. The molecule has 0 aliphatic heterocycles. The van der Waals surface area contributed by atoms with Crippen molar-refractivity contribution in [3.63, 3.8) is 0 Å². The van der Waals surface area contributed by atoms with Gasteiger partial charge in [-0.25, -0.2) is 0 Å². The quantitative estimate of drug-likeness (QED) is 0.610. The molecule has 2 nitrogen and oxygen atoms in total. The zero-order valence-electron chi connectivity index (χ0n) is 11.0. The van der Waals surface area contributed by atoms with Gasteiger partial charge in [-0.05, 0) is 43.3 Å². The molecule has 0 spiro atoms. The lowest BCUT2D eigenvalue weighted by atomic mass is 10.2. The number of nitrogens with one attached hydrogen (secondary N) is 1. The molecule has 0 radical (unpaired) electrons. The SMILES string of the molecule is CC(C)OCCNCc1ccc(SC(F)(F)F)cc1. The van der Waals surface area contributed by atoms with Gasteiger partial charge in [0.2, 0.25) is 0 Å². The summed E-state index contributed by atoms with van der Waals surface area (Å²) < 4.78 is 41.8. The maximum absolute atomic E-state index is 12.1. The number of hydrogen-bond donors (Lipinski definition) is 1. The third-order valence-corrected chi connectivity index (χ3v) is 2.96. The molecule has 6 heteroatoms. The normalized spacial score (nSPS) is 12.1. The van der Waals surface area contributed by atoms with Crippen molar-refractivity contribution in [3.05, 3.63) is 29.8 Å². The van der Waals surface area contributed by atoms with Crippen LogP contribution in [0.4, 0.5) is 13.2 Å². The van der Waals surface area contributed by atoms with E-state index in [0.29, 0.717) is 13.2 Å². The second-order valence-corrected chi connectivity index (χ2v) is 5.43. The van der Waals surface area contributed by atoms with E-state index in [0.717, 1.165) is 12.1 Å². The van der Waals surface area contributed by atoms with E-state index in [4.69, 9.17) is 4.74 Å². The summed E-state index contributed by atoms with van der Waals surface area (Å²) in [6, 6.07) is 6.37. The van der Waals surface area contributed by atoms with E-state index in [2.05, 4.69) is 5.32 Å². The van der Waals surface area contributed by atoms with Crippen LogP contribution in [0.15, 0.2) is 29.2 Å². The first-order chi connectivity index (χ1) is 8.87. The summed E-state index contributed by atoms with van der Waals surface area (Å²) in [6.07, 6.45) is 0.209. The minimum atomic E-state index is -4.23. The maximum Gasteiger partial charge on any atom is 0.446 e. The zero-order chi connectivity index (χ0) is 14.3. The average molecular weight is 293 g/mol. The minimum Gasteiger partial charge on any atom is -0.377 e. The van der Waals surface area contributed by atoms with Gasteiger partial charge in [0.05, 0.1) is 12.7 Å². The molecule has 0 saturated heterocycles. The Hall–Kier alpha value is -0.720. The Morgan fingerprint density at radius 1 is 1.21 bits per heavy atom. The molecule has 1 rings (SSSR count). The second-order valence-electron chi connectivity index (χ2n) is 4.29. The third kappa shape index (κ3) is 8.13. The van der Waals surface area contributed by atoms with Gasteiger partial charge in [0.1, 0.15) is 0 Å². The topological polar surface area (TPSA) is 21.3 Å². The van der Waals surface area contributed by atoms with Crippen LogP contribution >= 0.6 is 11.8 Å². The molecule has 0 bridgehead atoms. The Kier molecular flexibility index (Phi) is 6.68. The van der Waals surface area contributed by atoms with Crippen molar-refractivity contribution in [2.75, 3.05) is 13.2 Å². The van der Waals surface area contributed by atoms with E-state index < -0.39 is 5.51 Å². The molecule has 1 aromatic carbocycles. The van der Waals surface area contributed by atoms with Gasteiger partial charge in [0.25, 0.3) is 0 Å². The van der Waals surface area contributed by atoms with Crippen molar-refractivity contribution in [3.8, 4) is 0 Å². The summed E-state index contributed by atoms with van der Waals surface area (Å²) in [5, 5.41) is 3.17. The van der Waals surface area contributed by atoms with Gasteiger partial charge in [-0.2, -0.15) is 13.2 Å². The smallest absolute Gasteiger partial charge is 0.377 e. The Bertz CT molecular complexity index is 365. The molecule has 0 fully saturated rings. The van der Waals surface area contributed by atoms with Crippen LogP contribution in [-0.4, -0.2) is 24.8 Å². The molecule has 0 amide bonds. The Labute approximate surface area is 115 Å². The van der Waals surface area contributed by atoms with Crippen molar-refractivity contribution >= 4 is 11.8 Å². The summed E-state index contributed by atoms with van der Waals surface area (Å²) in [5.74, 6) is 0. The van der Waals surface area contributed by atoms with Crippen LogP contribution in [0.3, 0.4) is 0 Å². The van der Waals surface area contributed by atoms with Crippen LogP contribution in [-0.2, 0) is 11.3 Å². The van der Waals surface area contributed by atoms with Crippen molar-refractivity contribution in [1.29, 1.82) is 0 Å². The molecule has 19 heavy (non-hydrogen) atoms. The second kappa shape index (κ2) is 7.77. The summed E-state index contributed by atoms with van der Waals surface area (Å²) in [6.45, 7) is 5.91. The number of halogens is 3. The van der Waals surface area contributed by atoms with Crippen molar-refractivity contribution in [2.45, 2.75) is 36.9 Å². The first kappa shape index (κ1) is 16.3. The van der Waals surface area contributed by atoms with E-state index in [9.17, 15) is 13.2 Å². The van der Waals surface area contributed by atoms with Crippen LogP contribution in [0.2, 0.25) is 0 Å². The van der Waals surface area contributed by atoms with Gasteiger partial charge < -0.3 is 10.1 Å². The number of thioether (sulfide) groups is 1. The van der Waals surface area contributed by atoms with Gasteiger partial charge in [-0.15, -0.1) is 0 Å². The number of ether oxygens (including phenoxy) is 1. The van der Waals surface area contributed by atoms with Gasteiger partial charge in [0.15, 0.2) is 0 Å². The lowest BCUT2D eigenvalue weighted by Gasteiger charge is -2.09. The number of rotatable bonds is 7. The van der Waals surface area contributed by atoms with Crippen molar-refractivity contribution < 1.29 is 17.9 Å². The molecule has 0 atom stereocenters. The third-order valence-electron chi connectivity index (χ3n) is 2.22. The van der Waals surface area contributed by atoms with Gasteiger partial charge >= 0.3 is 5.51 Å². The summed E-state index contributed by atoms with van der Waals surface area (Å²) in [5.41, 5.74) is -3.27. The number of alkyl halides is 3. The van der Waals surface area contributed by atoms with E-state index in [-0.39, 0.29) is 22.8 Å². The van der Waals surface area contributed by atoms with E-state index in [1.807, 2.05) is 13.8 Å². The highest BCUT2D eigenvalue weighted by Crippen LogP contribution is 2.36. The number of benzene rings is 1. The molecule has 0 saturated carbocycles. The zero-order valence-corrected chi connectivity index (χ0v) is 11.8. The summed E-state index contributed by atoms with van der Waals surface area (Å²) >= 11 is -0.0958. The Balaban J connectivity index is 2.28. The number of hydrogen-bond acceptors (Lipinski definition) is 3. The summed E-state index contributed by atoms with van der Waals surface area (Å²) in [4.78, 5) is 0.208. The van der Waals surface area contributed by atoms with Crippen LogP contribution in [0.5, 0.6) is 0 Å².